The second-order valence-corrected chi connectivity index (χ2v) is 6.03. The number of ether oxygens (including phenoxy) is 1. The van der Waals surface area contributed by atoms with Crippen molar-refractivity contribution in [3.8, 4) is 0 Å². The molecule has 3 rings (SSSR count). The molecule has 2 atom stereocenters. The summed E-state index contributed by atoms with van der Waals surface area (Å²) in [5, 5.41) is 0. The topological polar surface area (TPSA) is 29.5 Å². The van der Waals surface area contributed by atoms with Crippen molar-refractivity contribution in [2.75, 3.05) is 0 Å². The van der Waals surface area contributed by atoms with Crippen molar-refractivity contribution in [1.29, 1.82) is 0 Å². The van der Waals surface area contributed by atoms with Gasteiger partial charge < -0.3 is 4.74 Å². The molecule has 0 N–H and O–H groups in total. The van der Waals surface area contributed by atoms with Crippen LogP contribution < -0.4 is 0 Å². The molecular weight excluding hydrogens is 262 g/mol. The second kappa shape index (κ2) is 6.33. The molecular formula is C18H23NO2. The van der Waals surface area contributed by atoms with E-state index in [0.29, 0.717) is 12.6 Å². The number of hydrogen-bond donors (Lipinski definition) is 0. The zero-order chi connectivity index (χ0) is 14.7. The van der Waals surface area contributed by atoms with Gasteiger partial charge in [-0.15, -0.1) is 0 Å². The van der Waals surface area contributed by atoms with Gasteiger partial charge in [0.1, 0.15) is 6.61 Å². The summed E-state index contributed by atoms with van der Waals surface area (Å²) in [7, 11) is 0. The van der Waals surface area contributed by atoms with E-state index < -0.39 is 0 Å². The van der Waals surface area contributed by atoms with E-state index >= 15 is 0 Å². The van der Waals surface area contributed by atoms with Gasteiger partial charge in [-0.2, -0.15) is 0 Å². The van der Waals surface area contributed by atoms with Crippen LogP contribution in [-0.2, 0) is 11.3 Å². The standard InChI is InChI=1S/C18H23NO2/c1-2-6-15-11-16-9-10-17(12-15)19(16)18(20)21-13-14-7-4-3-5-8-14/h3-5,7-8,11,16-17H,2,6,9-10,12-13H2,1H3. The minimum atomic E-state index is -0.154. The zero-order valence-electron chi connectivity index (χ0n) is 12.6. The van der Waals surface area contributed by atoms with Gasteiger partial charge in [0.25, 0.3) is 0 Å². The van der Waals surface area contributed by atoms with Crippen molar-refractivity contribution in [3.05, 3.63) is 47.5 Å². The molecule has 3 nitrogen and oxygen atoms in total. The van der Waals surface area contributed by atoms with E-state index in [9.17, 15) is 4.79 Å². The van der Waals surface area contributed by atoms with Crippen molar-refractivity contribution in [3.63, 3.8) is 0 Å². The Balaban J connectivity index is 1.61. The van der Waals surface area contributed by atoms with Crippen molar-refractivity contribution in [2.24, 2.45) is 0 Å². The van der Waals surface area contributed by atoms with Crippen molar-refractivity contribution >= 4 is 6.09 Å². The predicted octanol–water partition coefficient (Wildman–Crippen LogP) is 4.29. The molecule has 3 heteroatoms. The fourth-order valence-corrected chi connectivity index (χ4v) is 3.50. The first-order valence-corrected chi connectivity index (χ1v) is 7.96. The molecule has 21 heavy (non-hydrogen) atoms. The fourth-order valence-electron chi connectivity index (χ4n) is 3.50. The summed E-state index contributed by atoms with van der Waals surface area (Å²) in [5.74, 6) is 0. The maximum atomic E-state index is 12.4. The molecule has 0 aromatic heterocycles. The molecule has 0 aliphatic carbocycles. The van der Waals surface area contributed by atoms with E-state index in [1.807, 2.05) is 35.2 Å². The Morgan fingerprint density at radius 3 is 2.81 bits per heavy atom. The highest BCUT2D eigenvalue weighted by Gasteiger charge is 2.40. The van der Waals surface area contributed by atoms with Gasteiger partial charge in [0.05, 0.1) is 6.04 Å². The summed E-state index contributed by atoms with van der Waals surface area (Å²) in [5.41, 5.74) is 2.56. The monoisotopic (exact) mass is 285 g/mol. The summed E-state index contributed by atoms with van der Waals surface area (Å²) in [4.78, 5) is 14.3. The SMILES string of the molecule is CCCC1=CC2CCC(C1)N2C(=O)OCc1ccccc1. The molecule has 2 unspecified atom stereocenters. The average molecular weight is 285 g/mol. The van der Waals surface area contributed by atoms with Crippen LogP contribution in [0.5, 0.6) is 0 Å². The van der Waals surface area contributed by atoms with Gasteiger partial charge in [0.2, 0.25) is 0 Å². The van der Waals surface area contributed by atoms with Crippen molar-refractivity contribution in [2.45, 2.75) is 57.7 Å². The highest BCUT2D eigenvalue weighted by atomic mass is 16.6. The molecule has 0 spiro atoms. The lowest BCUT2D eigenvalue weighted by Gasteiger charge is -2.33. The molecule has 1 aromatic rings. The number of fused-ring (bicyclic) bond motifs is 2. The summed E-state index contributed by atoms with van der Waals surface area (Å²) < 4.78 is 5.50. The first-order chi connectivity index (χ1) is 10.3. The molecule has 112 valence electrons. The van der Waals surface area contributed by atoms with E-state index in [4.69, 9.17) is 4.74 Å². The van der Waals surface area contributed by atoms with Crippen LogP contribution in [0.3, 0.4) is 0 Å². The van der Waals surface area contributed by atoms with Crippen LogP contribution in [-0.4, -0.2) is 23.1 Å². The van der Waals surface area contributed by atoms with E-state index in [-0.39, 0.29) is 12.1 Å². The molecule has 1 amide bonds. The Bertz CT molecular complexity index is 523. The van der Waals surface area contributed by atoms with Gasteiger partial charge in [-0.25, -0.2) is 4.79 Å². The molecule has 0 saturated carbocycles. The summed E-state index contributed by atoms with van der Waals surface area (Å²) in [6.45, 7) is 2.57. The fraction of sp³-hybridized carbons (Fsp3) is 0.500. The molecule has 2 aliphatic heterocycles. The third kappa shape index (κ3) is 3.12. The van der Waals surface area contributed by atoms with Crippen LogP contribution in [0.15, 0.2) is 42.0 Å². The van der Waals surface area contributed by atoms with Crippen molar-refractivity contribution < 1.29 is 9.53 Å². The van der Waals surface area contributed by atoms with Gasteiger partial charge >= 0.3 is 6.09 Å². The van der Waals surface area contributed by atoms with E-state index in [0.717, 1.165) is 24.8 Å². The number of amides is 1. The quantitative estimate of drug-likeness (QED) is 0.772. The molecule has 1 aromatic carbocycles. The number of carbonyl (C=O) groups excluding carboxylic acids is 1. The minimum Gasteiger partial charge on any atom is -0.445 e. The van der Waals surface area contributed by atoms with Crippen LogP contribution in [0.25, 0.3) is 0 Å². The van der Waals surface area contributed by atoms with Crippen molar-refractivity contribution in [1.82, 2.24) is 4.90 Å². The number of hydrogen-bond acceptors (Lipinski definition) is 2. The summed E-state index contributed by atoms with van der Waals surface area (Å²) in [6.07, 6.45) is 7.72. The van der Waals surface area contributed by atoms with Crippen LogP contribution in [0.2, 0.25) is 0 Å². The smallest absolute Gasteiger partial charge is 0.410 e. The summed E-state index contributed by atoms with van der Waals surface area (Å²) >= 11 is 0. The van der Waals surface area contributed by atoms with Crippen LogP contribution in [0.4, 0.5) is 4.79 Å². The second-order valence-electron chi connectivity index (χ2n) is 6.03. The average Bonchev–Trinajstić information content (AvgIpc) is 2.78. The van der Waals surface area contributed by atoms with E-state index in [2.05, 4.69) is 13.0 Å². The zero-order valence-corrected chi connectivity index (χ0v) is 12.6. The Kier molecular flexibility index (Phi) is 4.28. The van der Waals surface area contributed by atoms with Gasteiger partial charge in [-0.3, -0.25) is 4.90 Å². The maximum absolute atomic E-state index is 12.4. The maximum Gasteiger partial charge on any atom is 0.410 e. The largest absolute Gasteiger partial charge is 0.445 e. The van der Waals surface area contributed by atoms with E-state index in [1.54, 1.807) is 0 Å². The first kappa shape index (κ1) is 14.2. The Morgan fingerprint density at radius 2 is 2.10 bits per heavy atom. The summed E-state index contributed by atoms with van der Waals surface area (Å²) in [6, 6.07) is 10.5. The van der Waals surface area contributed by atoms with Gasteiger partial charge in [0, 0.05) is 6.04 Å². The van der Waals surface area contributed by atoms with Crippen LogP contribution in [0.1, 0.15) is 44.6 Å². The lowest BCUT2D eigenvalue weighted by Crippen LogP contribution is -2.43. The molecule has 0 radical (unpaired) electrons. The van der Waals surface area contributed by atoms with Gasteiger partial charge in [0.15, 0.2) is 0 Å². The molecule has 2 heterocycles. The Hall–Kier alpha value is -1.77. The predicted molar refractivity (Wildman–Crippen MR) is 82.9 cm³/mol. The molecule has 1 fully saturated rings. The van der Waals surface area contributed by atoms with Crippen LogP contribution in [0, 0.1) is 0 Å². The molecule has 2 bridgehead atoms. The Morgan fingerprint density at radius 1 is 1.29 bits per heavy atom. The lowest BCUT2D eigenvalue weighted by molar-refractivity contribution is 0.0815. The third-order valence-electron chi connectivity index (χ3n) is 4.46. The third-order valence-corrected chi connectivity index (χ3v) is 4.46. The number of carbonyl (C=O) groups is 1. The van der Waals surface area contributed by atoms with Gasteiger partial charge in [-0.05, 0) is 31.2 Å². The van der Waals surface area contributed by atoms with E-state index in [1.165, 1.54) is 18.4 Å². The number of rotatable bonds is 4. The number of nitrogens with zero attached hydrogens (tertiary/aromatic N) is 1. The van der Waals surface area contributed by atoms with Crippen LogP contribution >= 0.6 is 0 Å². The highest BCUT2D eigenvalue weighted by Crippen LogP contribution is 2.36. The first-order valence-electron chi connectivity index (χ1n) is 7.96. The number of benzene rings is 1. The van der Waals surface area contributed by atoms with Gasteiger partial charge in [-0.1, -0.05) is 55.3 Å². The molecule has 2 aliphatic rings. The lowest BCUT2D eigenvalue weighted by atomic mass is 9.98. The Labute approximate surface area is 126 Å². The highest BCUT2D eigenvalue weighted by molar-refractivity contribution is 5.70. The normalized spacial score (nSPS) is 23.9. The molecule has 1 saturated heterocycles. The minimum absolute atomic E-state index is 0.154.